The third-order valence-corrected chi connectivity index (χ3v) is 3.30. The second-order valence-corrected chi connectivity index (χ2v) is 4.84. The van der Waals surface area contributed by atoms with Crippen molar-refractivity contribution in [3.05, 3.63) is 35.9 Å². The summed E-state index contributed by atoms with van der Waals surface area (Å²) in [6.45, 7) is 4.13. The van der Waals surface area contributed by atoms with Crippen LogP contribution in [0.1, 0.15) is 23.7 Å². The summed E-state index contributed by atoms with van der Waals surface area (Å²) in [6.07, 6.45) is 0.981. The number of benzene rings is 1. The Balaban J connectivity index is 0.00000162. The lowest BCUT2D eigenvalue weighted by Gasteiger charge is -2.34. The number of piperidine rings is 1. The Kier molecular flexibility index (Phi) is 5.63. The molecule has 0 aliphatic carbocycles. The number of ether oxygens (including phenoxy) is 1. The van der Waals surface area contributed by atoms with Gasteiger partial charge >= 0.3 is 5.97 Å². The quantitative estimate of drug-likeness (QED) is 0.657. The van der Waals surface area contributed by atoms with E-state index in [1.165, 1.54) is 0 Å². The van der Waals surface area contributed by atoms with Crippen molar-refractivity contribution in [1.82, 2.24) is 4.90 Å². The first-order valence-corrected chi connectivity index (χ1v) is 6.11. The highest BCUT2D eigenvalue weighted by atomic mass is 35.5. The monoisotopic (exact) mass is 268 g/mol. The maximum Gasteiger partial charge on any atom is 0.338 e. The maximum atomic E-state index is 11.9. The van der Waals surface area contributed by atoms with Gasteiger partial charge in [0.05, 0.1) is 5.56 Å². The number of carbonyl (C=O) groups excluding carboxylic acids is 1. The highest BCUT2D eigenvalue weighted by Gasteiger charge is 2.27. The third kappa shape index (κ3) is 3.72. The lowest BCUT2D eigenvalue weighted by molar-refractivity contribution is -0.00672. The molecule has 1 aliphatic rings. The van der Waals surface area contributed by atoms with E-state index in [0.717, 1.165) is 19.5 Å². The van der Waals surface area contributed by atoms with E-state index in [1.807, 2.05) is 18.2 Å². The molecule has 0 amide bonds. The molecule has 1 fully saturated rings. The smallest absolute Gasteiger partial charge is 0.338 e. The van der Waals surface area contributed by atoms with Crippen LogP contribution >= 0.6 is 0 Å². The zero-order valence-corrected chi connectivity index (χ0v) is 11.6. The van der Waals surface area contributed by atoms with Gasteiger partial charge in [0.2, 0.25) is 0 Å². The summed E-state index contributed by atoms with van der Waals surface area (Å²) in [7, 11) is 2.10. The van der Waals surface area contributed by atoms with Gasteiger partial charge in [-0.2, -0.15) is 0 Å². The van der Waals surface area contributed by atoms with Crippen molar-refractivity contribution in [2.75, 3.05) is 20.1 Å². The minimum atomic E-state index is -0.202. The maximum absolute atomic E-state index is 11.9. The number of carbonyl (C=O) groups is 1. The Morgan fingerprint density at radius 3 is 2.61 bits per heavy atom. The topological polar surface area (TPSA) is 29.5 Å². The Bertz CT molecular complexity index is 383. The van der Waals surface area contributed by atoms with Crippen LogP contribution in [-0.4, -0.2) is 37.1 Å². The number of hydrogen-bond donors (Lipinski definition) is 0. The molecule has 1 aromatic carbocycles. The van der Waals surface area contributed by atoms with Crippen molar-refractivity contribution in [1.29, 1.82) is 0 Å². The van der Waals surface area contributed by atoms with Gasteiger partial charge in [-0.25, -0.2) is 4.79 Å². The summed E-state index contributed by atoms with van der Waals surface area (Å²) in [6, 6.07) is 9.20. The highest BCUT2D eigenvalue weighted by Crippen LogP contribution is 2.20. The SMILES string of the molecule is CC1CN(C)CCC1OC(=O)c1ccccc1.[Cl-]. The number of likely N-dealkylation sites (tertiary alicyclic amines) is 1. The standard InChI is InChI=1S/C14H19NO2.ClH/c1-11-10-15(2)9-8-13(11)17-14(16)12-6-4-3-5-7-12;/h3-7,11,13H,8-10H2,1-2H3;1H/p-1. The average molecular weight is 269 g/mol. The van der Waals surface area contributed by atoms with Gasteiger partial charge in [0.1, 0.15) is 6.10 Å². The fourth-order valence-electron chi connectivity index (χ4n) is 2.29. The molecule has 2 rings (SSSR count). The number of rotatable bonds is 2. The summed E-state index contributed by atoms with van der Waals surface area (Å²) in [4.78, 5) is 14.2. The summed E-state index contributed by atoms with van der Waals surface area (Å²) < 4.78 is 5.57. The Labute approximate surface area is 115 Å². The van der Waals surface area contributed by atoms with Crippen LogP contribution in [-0.2, 0) is 4.74 Å². The largest absolute Gasteiger partial charge is 1.00 e. The molecule has 18 heavy (non-hydrogen) atoms. The van der Waals surface area contributed by atoms with Gasteiger partial charge in [-0.1, -0.05) is 25.1 Å². The Morgan fingerprint density at radius 1 is 1.33 bits per heavy atom. The van der Waals surface area contributed by atoms with E-state index in [-0.39, 0.29) is 24.5 Å². The molecule has 1 aliphatic heterocycles. The van der Waals surface area contributed by atoms with Crippen molar-refractivity contribution in [3.8, 4) is 0 Å². The normalized spacial score (nSPS) is 24.1. The third-order valence-electron chi connectivity index (χ3n) is 3.30. The van der Waals surface area contributed by atoms with Gasteiger partial charge in [0.25, 0.3) is 0 Å². The van der Waals surface area contributed by atoms with Crippen molar-refractivity contribution < 1.29 is 21.9 Å². The molecule has 0 aromatic heterocycles. The molecule has 2 atom stereocenters. The lowest BCUT2D eigenvalue weighted by atomic mass is 9.97. The van der Waals surface area contributed by atoms with E-state index in [9.17, 15) is 4.79 Å². The van der Waals surface area contributed by atoms with E-state index < -0.39 is 0 Å². The van der Waals surface area contributed by atoms with Crippen LogP contribution in [0.5, 0.6) is 0 Å². The zero-order chi connectivity index (χ0) is 12.3. The first-order valence-electron chi connectivity index (χ1n) is 6.11. The van der Waals surface area contributed by atoms with Gasteiger partial charge in [-0.3, -0.25) is 0 Å². The molecule has 0 spiro atoms. The van der Waals surface area contributed by atoms with Crippen LogP contribution in [0.2, 0.25) is 0 Å². The van der Waals surface area contributed by atoms with E-state index in [2.05, 4.69) is 18.9 Å². The van der Waals surface area contributed by atoms with Crippen molar-refractivity contribution in [3.63, 3.8) is 0 Å². The predicted molar refractivity (Wildman–Crippen MR) is 66.9 cm³/mol. The first kappa shape index (κ1) is 15.0. The van der Waals surface area contributed by atoms with Gasteiger partial charge in [0.15, 0.2) is 0 Å². The summed E-state index contributed by atoms with van der Waals surface area (Å²) in [5.41, 5.74) is 0.638. The summed E-state index contributed by atoms with van der Waals surface area (Å²) in [5.74, 6) is 0.202. The van der Waals surface area contributed by atoms with E-state index in [1.54, 1.807) is 12.1 Å². The van der Waals surface area contributed by atoms with E-state index in [0.29, 0.717) is 11.5 Å². The van der Waals surface area contributed by atoms with Crippen molar-refractivity contribution in [2.24, 2.45) is 5.92 Å². The number of hydrogen-bond acceptors (Lipinski definition) is 3. The molecule has 1 saturated heterocycles. The van der Waals surface area contributed by atoms with Crippen LogP contribution < -0.4 is 12.4 Å². The zero-order valence-electron chi connectivity index (χ0n) is 10.8. The van der Waals surface area contributed by atoms with Crippen LogP contribution in [0.4, 0.5) is 0 Å². The number of nitrogens with zero attached hydrogens (tertiary/aromatic N) is 1. The fraction of sp³-hybridized carbons (Fsp3) is 0.500. The molecule has 100 valence electrons. The molecule has 1 heterocycles. The second-order valence-electron chi connectivity index (χ2n) is 4.84. The minimum Gasteiger partial charge on any atom is -1.00 e. The molecular weight excluding hydrogens is 250 g/mol. The molecule has 0 N–H and O–H groups in total. The van der Waals surface area contributed by atoms with E-state index in [4.69, 9.17) is 4.74 Å². The van der Waals surface area contributed by atoms with E-state index >= 15 is 0 Å². The van der Waals surface area contributed by atoms with Crippen LogP contribution in [0.15, 0.2) is 30.3 Å². The molecule has 0 saturated carbocycles. The molecule has 0 bridgehead atoms. The lowest BCUT2D eigenvalue weighted by Crippen LogP contribution is -3.00. The van der Waals surface area contributed by atoms with Gasteiger partial charge < -0.3 is 22.0 Å². The number of halogens is 1. The van der Waals surface area contributed by atoms with Crippen LogP contribution in [0.25, 0.3) is 0 Å². The fourth-order valence-corrected chi connectivity index (χ4v) is 2.29. The van der Waals surface area contributed by atoms with Gasteiger partial charge in [-0.15, -0.1) is 0 Å². The predicted octanol–water partition coefficient (Wildman–Crippen LogP) is -0.812. The molecule has 4 heteroatoms. The summed E-state index contributed by atoms with van der Waals surface area (Å²) >= 11 is 0. The number of esters is 1. The molecule has 3 nitrogen and oxygen atoms in total. The molecule has 0 radical (unpaired) electrons. The second kappa shape index (κ2) is 6.76. The van der Waals surface area contributed by atoms with Gasteiger partial charge in [0, 0.05) is 19.0 Å². The van der Waals surface area contributed by atoms with Gasteiger partial charge in [-0.05, 0) is 25.6 Å². The van der Waals surface area contributed by atoms with Crippen molar-refractivity contribution in [2.45, 2.75) is 19.4 Å². The van der Waals surface area contributed by atoms with Crippen molar-refractivity contribution >= 4 is 5.97 Å². The molecular formula is C14H19ClNO2-. The first-order chi connectivity index (χ1) is 8.16. The van der Waals surface area contributed by atoms with Crippen LogP contribution in [0.3, 0.4) is 0 Å². The average Bonchev–Trinajstić information content (AvgIpc) is 2.34. The Morgan fingerprint density at radius 2 is 2.00 bits per heavy atom. The Hall–Kier alpha value is -1.06. The highest BCUT2D eigenvalue weighted by molar-refractivity contribution is 5.89. The molecule has 1 aromatic rings. The summed E-state index contributed by atoms with van der Waals surface area (Å²) in [5, 5.41) is 0. The molecule has 2 unspecified atom stereocenters. The van der Waals surface area contributed by atoms with Crippen LogP contribution in [0, 0.1) is 5.92 Å². The minimum absolute atomic E-state index is 0.